The van der Waals surface area contributed by atoms with Crippen LogP contribution in [-0.4, -0.2) is 64.2 Å². The molecule has 0 radical (unpaired) electrons. The van der Waals surface area contributed by atoms with Crippen molar-refractivity contribution >= 4 is 23.0 Å². The summed E-state index contributed by atoms with van der Waals surface area (Å²) in [5, 5.41) is 15.1. The number of carbonyl (C=O) groups is 2. The summed E-state index contributed by atoms with van der Waals surface area (Å²) in [7, 11) is 0. The van der Waals surface area contributed by atoms with E-state index in [0.717, 1.165) is 39.0 Å². The number of carboxylic acids is 1. The highest BCUT2D eigenvalue weighted by atomic mass is 32.2. The molecule has 1 amide bonds. The summed E-state index contributed by atoms with van der Waals surface area (Å²) in [6.45, 7) is 3.46. The molecule has 0 saturated carbocycles. The number of nitrogens with zero attached hydrogens (tertiary/aromatic N) is 1. The predicted molar refractivity (Wildman–Crippen MR) is 72.4 cm³/mol. The van der Waals surface area contributed by atoms with E-state index in [2.05, 4.69) is 15.5 Å². The molecule has 3 aliphatic heterocycles. The molecule has 3 rings (SSSR count). The highest BCUT2D eigenvalue weighted by Crippen LogP contribution is 2.40. The van der Waals surface area contributed by atoms with Crippen LogP contribution in [0.25, 0.3) is 0 Å². The summed E-state index contributed by atoms with van der Waals surface area (Å²) in [5.74, 6) is -0.753. The Morgan fingerprint density at radius 3 is 2.68 bits per heavy atom. The second-order valence-corrected chi connectivity index (χ2v) is 7.09. The van der Waals surface area contributed by atoms with Crippen molar-refractivity contribution in [2.24, 2.45) is 0 Å². The molecule has 6 nitrogen and oxygen atoms in total. The van der Waals surface area contributed by atoms with Crippen molar-refractivity contribution in [3.63, 3.8) is 0 Å². The Morgan fingerprint density at radius 2 is 2.16 bits per heavy atom. The number of piperidine rings is 1. The third kappa shape index (κ3) is 2.59. The van der Waals surface area contributed by atoms with Crippen LogP contribution in [0.15, 0.2) is 0 Å². The van der Waals surface area contributed by atoms with Crippen LogP contribution in [-0.2, 0) is 4.79 Å². The predicted octanol–water partition coefficient (Wildman–Crippen LogP) is 0.0925. The largest absolute Gasteiger partial charge is 0.480 e. The lowest BCUT2D eigenvalue weighted by atomic mass is 9.94. The zero-order valence-electron chi connectivity index (χ0n) is 10.7. The Kier molecular flexibility index (Phi) is 3.44. The molecule has 7 heteroatoms. The summed E-state index contributed by atoms with van der Waals surface area (Å²) in [6.07, 6.45) is 2.70. The summed E-state index contributed by atoms with van der Waals surface area (Å²) >= 11 is 1.45. The summed E-state index contributed by atoms with van der Waals surface area (Å²) in [4.78, 5) is 24.7. The minimum atomic E-state index is -0.753. The molecule has 0 bridgehead atoms. The quantitative estimate of drug-likeness (QED) is 0.667. The van der Waals surface area contributed by atoms with Gasteiger partial charge in [0.2, 0.25) is 0 Å². The topological polar surface area (TPSA) is 81.7 Å². The summed E-state index contributed by atoms with van der Waals surface area (Å²) in [6, 6.07) is -0.0708. The number of aliphatic carboxylic acids is 1. The molecule has 2 atom stereocenters. The number of rotatable bonds is 2. The molecule has 3 N–H and O–H groups in total. The van der Waals surface area contributed by atoms with Crippen LogP contribution in [0.4, 0.5) is 4.79 Å². The molecular weight excluding hydrogens is 266 g/mol. The Morgan fingerprint density at radius 1 is 1.42 bits per heavy atom. The van der Waals surface area contributed by atoms with E-state index in [0.29, 0.717) is 12.5 Å². The fourth-order valence-corrected chi connectivity index (χ4v) is 4.33. The van der Waals surface area contributed by atoms with E-state index in [1.165, 1.54) is 11.8 Å². The highest BCUT2D eigenvalue weighted by Gasteiger charge is 2.44. The zero-order chi connectivity index (χ0) is 13.5. The van der Waals surface area contributed by atoms with Crippen LogP contribution < -0.4 is 10.6 Å². The van der Waals surface area contributed by atoms with Crippen molar-refractivity contribution in [3.05, 3.63) is 0 Å². The van der Waals surface area contributed by atoms with Crippen LogP contribution in [0.2, 0.25) is 0 Å². The van der Waals surface area contributed by atoms with Gasteiger partial charge in [0.25, 0.3) is 5.24 Å². The monoisotopic (exact) mass is 285 g/mol. The lowest BCUT2D eigenvalue weighted by Crippen LogP contribution is -2.48. The molecular formula is C12H19N3O3S. The summed E-state index contributed by atoms with van der Waals surface area (Å²) < 4.78 is 0.0891. The third-order valence-corrected chi connectivity index (χ3v) is 5.81. The Labute approximate surface area is 116 Å². The van der Waals surface area contributed by atoms with Crippen molar-refractivity contribution in [2.75, 3.05) is 26.2 Å². The number of thioether (sulfide) groups is 1. The molecule has 3 fully saturated rings. The molecule has 0 aromatic heterocycles. The van der Waals surface area contributed by atoms with Gasteiger partial charge in [-0.2, -0.15) is 0 Å². The van der Waals surface area contributed by atoms with Crippen molar-refractivity contribution < 1.29 is 14.7 Å². The Balaban J connectivity index is 1.53. The van der Waals surface area contributed by atoms with Crippen molar-refractivity contribution in [3.8, 4) is 0 Å². The Hall–Kier alpha value is -0.790. The van der Waals surface area contributed by atoms with E-state index in [1.54, 1.807) is 0 Å². The van der Waals surface area contributed by atoms with Crippen LogP contribution >= 0.6 is 11.8 Å². The normalized spacial score (nSPS) is 34.6. The van der Waals surface area contributed by atoms with E-state index in [-0.39, 0.29) is 9.99 Å². The van der Waals surface area contributed by atoms with E-state index < -0.39 is 12.0 Å². The average molecular weight is 285 g/mol. The first-order chi connectivity index (χ1) is 9.08. The van der Waals surface area contributed by atoms with Crippen LogP contribution in [0.1, 0.15) is 19.3 Å². The van der Waals surface area contributed by atoms with Gasteiger partial charge in [-0.25, -0.2) is 0 Å². The summed E-state index contributed by atoms with van der Waals surface area (Å²) in [5.41, 5.74) is 0. The number of nitrogens with one attached hydrogen (secondary N) is 2. The van der Waals surface area contributed by atoms with Gasteiger partial charge in [-0.05, 0) is 32.4 Å². The van der Waals surface area contributed by atoms with E-state index >= 15 is 0 Å². The van der Waals surface area contributed by atoms with Crippen molar-refractivity contribution in [2.45, 2.75) is 36.1 Å². The minimum absolute atomic E-state index is 0.0891. The molecule has 3 saturated heterocycles. The van der Waals surface area contributed by atoms with Gasteiger partial charge >= 0.3 is 5.97 Å². The molecule has 106 valence electrons. The fourth-order valence-electron chi connectivity index (χ4n) is 3.26. The number of carboxylic acid groups (broad SMARTS) is 1. The van der Waals surface area contributed by atoms with Gasteiger partial charge in [0.15, 0.2) is 0 Å². The van der Waals surface area contributed by atoms with Gasteiger partial charge < -0.3 is 15.7 Å². The first kappa shape index (κ1) is 13.2. The molecule has 0 unspecified atom stereocenters. The second-order valence-electron chi connectivity index (χ2n) is 5.65. The molecule has 1 spiro atoms. The number of likely N-dealkylation sites (tertiary alicyclic amines) is 1. The van der Waals surface area contributed by atoms with Crippen molar-refractivity contribution in [1.82, 2.24) is 15.5 Å². The van der Waals surface area contributed by atoms with Crippen LogP contribution in [0, 0.1) is 0 Å². The van der Waals surface area contributed by atoms with Gasteiger partial charge in [-0.3, -0.25) is 14.5 Å². The molecule has 19 heavy (non-hydrogen) atoms. The van der Waals surface area contributed by atoms with E-state index in [1.807, 2.05) is 0 Å². The van der Waals surface area contributed by atoms with Gasteiger partial charge in [0.1, 0.15) is 6.04 Å². The maximum absolute atomic E-state index is 11.3. The standard InChI is InChI=1S/C12H19N3O3S/c16-10(17)9-5-8(6-13-9)15-3-1-12(2-4-15)7-14-11(18)19-12/h8-9,13H,1-7H2,(H,14,18)(H,16,17)/t8-,9-/m0/s1. The molecule has 3 heterocycles. The number of carbonyl (C=O) groups excluding carboxylic acids is 1. The number of hydrogen-bond acceptors (Lipinski definition) is 5. The lowest BCUT2D eigenvalue weighted by Gasteiger charge is -2.40. The first-order valence-corrected chi connectivity index (χ1v) is 7.57. The minimum Gasteiger partial charge on any atom is -0.480 e. The first-order valence-electron chi connectivity index (χ1n) is 6.75. The van der Waals surface area contributed by atoms with Crippen molar-refractivity contribution in [1.29, 1.82) is 0 Å². The van der Waals surface area contributed by atoms with Crippen LogP contribution in [0.3, 0.4) is 0 Å². The lowest BCUT2D eigenvalue weighted by molar-refractivity contribution is -0.139. The third-order valence-electron chi connectivity index (χ3n) is 4.50. The number of amides is 1. The second kappa shape index (κ2) is 4.96. The SMILES string of the molecule is O=C1NCC2(CCN([C@@H]3CN[C@H](C(=O)O)C3)CC2)S1. The maximum atomic E-state index is 11.3. The smallest absolute Gasteiger partial charge is 0.320 e. The highest BCUT2D eigenvalue weighted by molar-refractivity contribution is 8.15. The molecule has 0 aromatic rings. The average Bonchev–Trinajstić information content (AvgIpc) is 2.99. The van der Waals surface area contributed by atoms with E-state index in [4.69, 9.17) is 5.11 Å². The fraction of sp³-hybridized carbons (Fsp3) is 0.833. The molecule has 3 aliphatic rings. The number of hydrogen-bond donors (Lipinski definition) is 3. The van der Waals surface area contributed by atoms with Gasteiger partial charge in [-0.1, -0.05) is 11.8 Å². The molecule has 0 aromatic carbocycles. The Bertz CT molecular complexity index is 396. The van der Waals surface area contributed by atoms with E-state index in [9.17, 15) is 9.59 Å². The van der Waals surface area contributed by atoms with Gasteiger partial charge in [0, 0.05) is 23.9 Å². The van der Waals surface area contributed by atoms with Crippen LogP contribution in [0.5, 0.6) is 0 Å². The molecule has 0 aliphatic carbocycles. The maximum Gasteiger partial charge on any atom is 0.320 e. The van der Waals surface area contributed by atoms with Gasteiger partial charge in [0.05, 0.1) is 0 Å². The van der Waals surface area contributed by atoms with Gasteiger partial charge in [-0.15, -0.1) is 0 Å². The zero-order valence-corrected chi connectivity index (χ0v) is 11.5.